The standard InChI is InChI=1S/C9H14O2.H4Si/c1-2-9(10)11-8-6-4-3-5-7-8;/h2,8H,1,3-7H2;1H4. The maximum absolute atomic E-state index is 10.7. The molecule has 12 heavy (non-hydrogen) atoms. The second-order valence-corrected chi connectivity index (χ2v) is 2.90. The van der Waals surface area contributed by atoms with E-state index in [2.05, 4.69) is 6.58 Å². The van der Waals surface area contributed by atoms with Crippen molar-refractivity contribution in [3.63, 3.8) is 0 Å². The van der Waals surface area contributed by atoms with E-state index in [4.69, 9.17) is 4.74 Å². The first-order chi connectivity index (χ1) is 5.33. The maximum atomic E-state index is 10.7. The van der Waals surface area contributed by atoms with Crippen molar-refractivity contribution in [2.75, 3.05) is 0 Å². The highest BCUT2D eigenvalue weighted by Crippen LogP contribution is 2.20. The van der Waals surface area contributed by atoms with Gasteiger partial charge in [0, 0.05) is 6.08 Å². The number of rotatable bonds is 2. The van der Waals surface area contributed by atoms with Gasteiger partial charge in [0.2, 0.25) is 0 Å². The Morgan fingerprint density at radius 1 is 1.33 bits per heavy atom. The molecule has 0 amide bonds. The molecule has 0 bridgehead atoms. The van der Waals surface area contributed by atoms with Gasteiger partial charge < -0.3 is 4.74 Å². The van der Waals surface area contributed by atoms with Gasteiger partial charge in [-0.3, -0.25) is 0 Å². The average Bonchev–Trinajstić information content (AvgIpc) is 2.06. The summed E-state index contributed by atoms with van der Waals surface area (Å²) in [6, 6.07) is 0. The fraction of sp³-hybridized carbons (Fsp3) is 0.667. The van der Waals surface area contributed by atoms with Gasteiger partial charge in [0.15, 0.2) is 0 Å². The Morgan fingerprint density at radius 2 is 1.92 bits per heavy atom. The van der Waals surface area contributed by atoms with Gasteiger partial charge >= 0.3 is 5.97 Å². The van der Waals surface area contributed by atoms with E-state index in [0.29, 0.717) is 0 Å². The highest BCUT2D eigenvalue weighted by atomic mass is 28.1. The Balaban J connectivity index is 0.00000121. The SMILES string of the molecule is C=CC(=O)OC1CCCCC1.[SiH4]. The summed E-state index contributed by atoms with van der Waals surface area (Å²) < 4.78 is 5.08. The molecule has 0 saturated heterocycles. The summed E-state index contributed by atoms with van der Waals surface area (Å²) >= 11 is 0. The van der Waals surface area contributed by atoms with Gasteiger partial charge in [0.05, 0.1) is 0 Å². The van der Waals surface area contributed by atoms with E-state index in [1.54, 1.807) is 0 Å². The van der Waals surface area contributed by atoms with Crippen LogP contribution in [-0.2, 0) is 9.53 Å². The zero-order valence-corrected chi connectivity index (χ0v) is 6.71. The third kappa shape index (κ3) is 3.71. The van der Waals surface area contributed by atoms with E-state index in [1.807, 2.05) is 0 Å². The number of esters is 1. The van der Waals surface area contributed by atoms with Crippen LogP contribution in [0.25, 0.3) is 0 Å². The van der Waals surface area contributed by atoms with Gasteiger partial charge in [-0.2, -0.15) is 0 Å². The molecule has 1 fully saturated rings. The largest absolute Gasteiger partial charge is 0.459 e. The van der Waals surface area contributed by atoms with Crippen molar-refractivity contribution in [1.82, 2.24) is 0 Å². The average molecular weight is 186 g/mol. The number of carbonyl (C=O) groups is 1. The zero-order valence-electron chi connectivity index (χ0n) is 6.71. The summed E-state index contributed by atoms with van der Waals surface area (Å²) in [6.45, 7) is 3.35. The summed E-state index contributed by atoms with van der Waals surface area (Å²) in [5, 5.41) is 0. The van der Waals surface area contributed by atoms with Crippen molar-refractivity contribution in [3.8, 4) is 0 Å². The molecule has 1 aliphatic carbocycles. The second-order valence-electron chi connectivity index (χ2n) is 2.90. The van der Waals surface area contributed by atoms with Gasteiger partial charge in [-0.25, -0.2) is 4.79 Å². The molecule has 0 aromatic rings. The van der Waals surface area contributed by atoms with Crippen LogP contribution in [0.4, 0.5) is 0 Å². The van der Waals surface area contributed by atoms with Crippen LogP contribution in [0.2, 0.25) is 0 Å². The van der Waals surface area contributed by atoms with Crippen LogP contribution in [0.1, 0.15) is 32.1 Å². The molecule has 0 spiro atoms. The maximum Gasteiger partial charge on any atom is 0.330 e. The third-order valence-corrected chi connectivity index (χ3v) is 2.00. The minimum atomic E-state index is -0.281. The van der Waals surface area contributed by atoms with Crippen LogP contribution >= 0.6 is 0 Å². The van der Waals surface area contributed by atoms with Crippen molar-refractivity contribution in [2.24, 2.45) is 0 Å². The smallest absolute Gasteiger partial charge is 0.330 e. The summed E-state index contributed by atoms with van der Waals surface area (Å²) in [7, 11) is 0. The first-order valence-corrected chi connectivity index (χ1v) is 4.16. The molecule has 0 aliphatic heterocycles. The third-order valence-electron chi connectivity index (χ3n) is 2.00. The van der Waals surface area contributed by atoms with Crippen LogP contribution < -0.4 is 0 Å². The van der Waals surface area contributed by atoms with E-state index >= 15 is 0 Å². The van der Waals surface area contributed by atoms with Gasteiger partial charge in [-0.1, -0.05) is 13.0 Å². The van der Waals surface area contributed by atoms with E-state index in [0.717, 1.165) is 12.8 Å². The lowest BCUT2D eigenvalue weighted by Gasteiger charge is -2.20. The number of hydrogen-bond acceptors (Lipinski definition) is 2. The van der Waals surface area contributed by atoms with E-state index < -0.39 is 0 Å². The van der Waals surface area contributed by atoms with Crippen LogP contribution in [0, 0.1) is 0 Å². The Morgan fingerprint density at radius 3 is 2.42 bits per heavy atom. The molecule has 1 rings (SSSR count). The number of ether oxygens (including phenoxy) is 1. The number of hydrogen-bond donors (Lipinski definition) is 0. The monoisotopic (exact) mass is 186 g/mol. The van der Waals surface area contributed by atoms with Crippen LogP contribution in [0.5, 0.6) is 0 Å². The molecule has 0 aromatic heterocycles. The topological polar surface area (TPSA) is 26.3 Å². The Hall–Kier alpha value is -0.573. The molecule has 1 aliphatic rings. The highest BCUT2D eigenvalue weighted by molar-refractivity contribution is 5.81. The molecule has 0 unspecified atom stereocenters. The lowest BCUT2D eigenvalue weighted by Crippen LogP contribution is -2.19. The van der Waals surface area contributed by atoms with E-state index in [9.17, 15) is 4.79 Å². The first-order valence-electron chi connectivity index (χ1n) is 4.16. The summed E-state index contributed by atoms with van der Waals surface area (Å²) in [4.78, 5) is 10.7. The van der Waals surface area contributed by atoms with Crippen molar-refractivity contribution in [1.29, 1.82) is 0 Å². The Bertz CT molecular complexity index is 151. The predicted octanol–water partition coefficient (Wildman–Crippen LogP) is 0.597. The minimum Gasteiger partial charge on any atom is -0.459 e. The minimum absolute atomic E-state index is 0. The molecule has 70 valence electrons. The van der Waals surface area contributed by atoms with Gasteiger partial charge in [0.25, 0.3) is 0 Å². The lowest BCUT2D eigenvalue weighted by atomic mass is 9.98. The molecule has 0 N–H and O–H groups in total. The van der Waals surface area contributed by atoms with Crippen molar-refractivity contribution in [3.05, 3.63) is 12.7 Å². The molecule has 0 radical (unpaired) electrons. The first kappa shape index (κ1) is 11.4. The molecular formula is C9H18O2Si. The second kappa shape index (κ2) is 6.00. The Labute approximate surface area is 78.0 Å². The van der Waals surface area contributed by atoms with Gasteiger partial charge in [0.1, 0.15) is 6.10 Å². The molecule has 3 heteroatoms. The molecule has 2 nitrogen and oxygen atoms in total. The Kier molecular flexibility index (Phi) is 5.71. The molecule has 0 heterocycles. The van der Waals surface area contributed by atoms with E-state index in [-0.39, 0.29) is 23.0 Å². The van der Waals surface area contributed by atoms with Crippen molar-refractivity contribution in [2.45, 2.75) is 38.2 Å². The van der Waals surface area contributed by atoms with Crippen molar-refractivity contribution < 1.29 is 9.53 Å². The lowest BCUT2D eigenvalue weighted by molar-refractivity contribution is -0.144. The van der Waals surface area contributed by atoms with Crippen LogP contribution in [0.15, 0.2) is 12.7 Å². The van der Waals surface area contributed by atoms with Crippen molar-refractivity contribution >= 4 is 16.9 Å². The highest BCUT2D eigenvalue weighted by Gasteiger charge is 2.15. The molecule has 1 saturated carbocycles. The predicted molar refractivity (Wildman–Crippen MR) is 54.5 cm³/mol. The van der Waals surface area contributed by atoms with Crippen LogP contribution in [0.3, 0.4) is 0 Å². The summed E-state index contributed by atoms with van der Waals surface area (Å²) in [5.74, 6) is -0.281. The van der Waals surface area contributed by atoms with Gasteiger partial charge in [-0.05, 0) is 36.6 Å². The summed E-state index contributed by atoms with van der Waals surface area (Å²) in [6.07, 6.45) is 7.11. The van der Waals surface area contributed by atoms with E-state index in [1.165, 1.54) is 25.3 Å². The molecular weight excluding hydrogens is 168 g/mol. The molecule has 0 aromatic carbocycles. The summed E-state index contributed by atoms with van der Waals surface area (Å²) in [5.41, 5.74) is 0. The quantitative estimate of drug-likeness (QED) is 0.358. The van der Waals surface area contributed by atoms with Gasteiger partial charge in [-0.15, -0.1) is 0 Å². The fourth-order valence-electron chi connectivity index (χ4n) is 1.40. The zero-order chi connectivity index (χ0) is 8.10. The molecule has 0 atom stereocenters. The normalized spacial score (nSPS) is 17.7. The number of carbonyl (C=O) groups excluding carboxylic acids is 1. The van der Waals surface area contributed by atoms with Crippen LogP contribution in [-0.4, -0.2) is 23.0 Å². The fourth-order valence-corrected chi connectivity index (χ4v) is 1.40.